The molecule has 2 atom stereocenters. The van der Waals surface area contributed by atoms with E-state index in [1.807, 2.05) is 0 Å². The molecule has 0 aliphatic carbocycles. The topological polar surface area (TPSA) is 0 Å². The molecule has 0 aromatic heterocycles. The molecule has 0 bridgehead atoms. The van der Waals surface area contributed by atoms with Gasteiger partial charge in [0, 0.05) is 0 Å². The van der Waals surface area contributed by atoms with Crippen molar-refractivity contribution in [3.63, 3.8) is 0 Å². The fraction of sp³-hybridized carbons (Fsp3) is 1.00. The predicted octanol–water partition coefficient (Wildman–Crippen LogP) is 4.13. The number of hydrogen-bond acceptors (Lipinski definition) is 0. The molecule has 0 spiro atoms. The minimum Gasteiger partial charge on any atom is -0.418 e. The van der Waals surface area contributed by atoms with Crippen molar-refractivity contribution in [2.75, 3.05) is 6.26 Å². The number of rotatable bonds is 4. The summed E-state index contributed by atoms with van der Waals surface area (Å²) in [5.74, 6) is 0. The summed E-state index contributed by atoms with van der Waals surface area (Å²) in [6, 6.07) is 0. The molecule has 94 valence electrons. The highest BCUT2D eigenvalue weighted by Gasteiger charge is 2.24. The van der Waals surface area contributed by atoms with Crippen LogP contribution >= 0.6 is 0 Å². The Kier molecular flexibility index (Phi) is 9.71. The zero-order chi connectivity index (χ0) is 12.6. The van der Waals surface area contributed by atoms with Gasteiger partial charge in [-0.15, -0.1) is 0 Å². The molecular formula is C9H21BF4S. The van der Waals surface area contributed by atoms with E-state index in [9.17, 15) is 17.3 Å². The van der Waals surface area contributed by atoms with Crippen molar-refractivity contribution in [1.29, 1.82) is 0 Å². The predicted molar refractivity (Wildman–Crippen MR) is 63.0 cm³/mol. The Balaban J connectivity index is 0. The number of halogens is 4. The van der Waals surface area contributed by atoms with Crippen molar-refractivity contribution in [2.45, 2.75) is 51.0 Å². The first-order valence-corrected chi connectivity index (χ1v) is 6.90. The molecule has 0 N–H and O–H groups in total. The number of hydrogen-bond donors (Lipinski definition) is 0. The molecule has 2 unspecified atom stereocenters. The maximum atomic E-state index is 9.75. The van der Waals surface area contributed by atoms with Crippen LogP contribution in [0.4, 0.5) is 17.3 Å². The average Bonchev–Trinajstić information content (AvgIpc) is 2.11. The smallest absolute Gasteiger partial charge is 0.418 e. The second-order valence-corrected chi connectivity index (χ2v) is 6.36. The van der Waals surface area contributed by atoms with Crippen molar-refractivity contribution in [2.24, 2.45) is 0 Å². The van der Waals surface area contributed by atoms with Crippen LogP contribution in [0.5, 0.6) is 0 Å². The highest BCUT2D eigenvalue weighted by molar-refractivity contribution is 7.97. The van der Waals surface area contributed by atoms with Crippen molar-refractivity contribution in [3.05, 3.63) is 0 Å². The first-order valence-electron chi connectivity index (χ1n) is 5.14. The second-order valence-electron chi connectivity index (χ2n) is 3.54. The highest BCUT2D eigenvalue weighted by Crippen LogP contribution is 2.14. The Morgan fingerprint density at radius 3 is 1.27 bits per heavy atom. The van der Waals surface area contributed by atoms with Crippen LogP contribution in [0.3, 0.4) is 0 Å². The molecule has 0 aliphatic rings. The van der Waals surface area contributed by atoms with E-state index in [1.54, 1.807) is 0 Å². The van der Waals surface area contributed by atoms with E-state index < -0.39 is 7.25 Å². The van der Waals surface area contributed by atoms with Gasteiger partial charge in [-0.25, -0.2) is 0 Å². The lowest BCUT2D eigenvalue weighted by Gasteiger charge is -2.14. The first kappa shape index (κ1) is 17.5. The lowest BCUT2D eigenvalue weighted by molar-refractivity contribution is 0.368. The van der Waals surface area contributed by atoms with E-state index in [2.05, 4.69) is 34.0 Å². The summed E-state index contributed by atoms with van der Waals surface area (Å²) in [6.45, 7) is 9.32. The van der Waals surface area contributed by atoms with Gasteiger partial charge in [-0.05, 0) is 37.6 Å². The Morgan fingerprint density at radius 1 is 0.933 bits per heavy atom. The monoisotopic (exact) mass is 248 g/mol. The van der Waals surface area contributed by atoms with Gasteiger partial charge in [-0.3, -0.25) is 0 Å². The summed E-state index contributed by atoms with van der Waals surface area (Å²) < 4.78 is 39.0. The van der Waals surface area contributed by atoms with Crippen LogP contribution in [0, 0.1) is 0 Å². The molecule has 0 saturated heterocycles. The summed E-state index contributed by atoms with van der Waals surface area (Å²) in [7, 11) is -5.36. The molecule has 0 aromatic rings. The van der Waals surface area contributed by atoms with Crippen molar-refractivity contribution in [1.82, 2.24) is 0 Å². The van der Waals surface area contributed by atoms with Gasteiger partial charge in [-0.1, -0.05) is 13.8 Å². The van der Waals surface area contributed by atoms with Gasteiger partial charge in [0.1, 0.15) is 10.5 Å². The van der Waals surface area contributed by atoms with E-state index >= 15 is 0 Å². The fourth-order valence-corrected chi connectivity index (χ4v) is 2.77. The zero-order valence-electron chi connectivity index (χ0n) is 10.1. The maximum Gasteiger partial charge on any atom is 0.673 e. The molecule has 0 aromatic carbocycles. The van der Waals surface area contributed by atoms with Crippen LogP contribution in [0.25, 0.3) is 0 Å². The molecule has 0 saturated carbocycles. The van der Waals surface area contributed by atoms with Crippen molar-refractivity contribution in [3.8, 4) is 0 Å². The molecule has 0 heterocycles. The molecule has 0 rings (SSSR count). The average molecular weight is 248 g/mol. The summed E-state index contributed by atoms with van der Waals surface area (Å²) in [5, 5.41) is 1.85. The molecule has 0 nitrogen and oxygen atoms in total. The third kappa shape index (κ3) is 14.1. The Bertz CT molecular complexity index is 136. The summed E-state index contributed by atoms with van der Waals surface area (Å²) in [5.41, 5.74) is 0. The molecule has 0 fully saturated rings. The van der Waals surface area contributed by atoms with Crippen molar-refractivity contribution >= 4 is 18.1 Å². The van der Waals surface area contributed by atoms with E-state index in [0.29, 0.717) is 10.9 Å². The molecule has 6 heteroatoms. The van der Waals surface area contributed by atoms with Gasteiger partial charge in [0.2, 0.25) is 0 Å². The van der Waals surface area contributed by atoms with Gasteiger partial charge in [-0.2, -0.15) is 0 Å². The lowest BCUT2D eigenvalue weighted by Crippen LogP contribution is -2.26. The summed E-state index contributed by atoms with van der Waals surface area (Å²) in [6.07, 6.45) is 5.08. The maximum absolute atomic E-state index is 9.75. The van der Waals surface area contributed by atoms with Crippen LogP contribution in [0.1, 0.15) is 40.5 Å². The summed E-state index contributed by atoms with van der Waals surface area (Å²) >= 11 is 0. The third-order valence-corrected chi connectivity index (χ3v) is 5.62. The van der Waals surface area contributed by atoms with Gasteiger partial charge in [0.15, 0.2) is 0 Å². The van der Waals surface area contributed by atoms with Crippen LogP contribution in [-0.4, -0.2) is 24.0 Å². The van der Waals surface area contributed by atoms with Gasteiger partial charge < -0.3 is 17.3 Å². The second kappa shape index (κ2) is 8.31. The van der Waals surface area contributed by atoms with Gasteiger partial charge in [0.05, 0.1) is 6.26 Å². The first-order chi connectivity index (χ1) is 6.63. The zero-order valence-corrected chi connectivity index (χ0v) is 10.9. The largest absolute Gasteiger partial charge is 0.673 e. The highest BCUT2D eigenvalue weighted by atomic mass is 32.2. The summed E-state index contributed by atoms with van der Waals surface area (Å²) in [4.78, 5) is 0. The van der Waals surface area contributed by atoms with Crippen LogP contribution < -0.4 is 0 Å². The van der Waals surface area contributed by atoms with Gasteiger partial charge >= 0.3 is 7.25 Å². The van der Waals surface area contributed by atoms with Crippen LogP contribution in [-0.2, 0) is 10.9 Å². The third-order valence-electron chi connectivity index (χ3n) is 2.42. The quantitative estimate of drug-likeness (QED) is 0.398. The van der Waals surface area contributed by atoms with Crippen LogP contribution in [0.15, 0.2) is 0 Å². The van der Waals surface area contributed by atoms with Crippen LogP contribution in [0.2, 0.25) is 0 Å². The Labute approximate surface area is 93.3 Å². The van der Waals surface area contributed by atoms with E-state index in [1.165, 1.54) is 12.8 Å². The van der Waals surface area contributed by atoms with E-state index in [4.69, 9.17) is 0 Å². The minimum atomic E-state index is -6.00. The molecule has 0 amide bonds. The Morgan fingerprint density at radius 2 is 1.13 bits per heavy atom. The van der Waals surface area contributed by atoms with Gasteiger partial charge in [0.25, 0.3) is 0 Å². The molecule has 0 aliphatic heterocycles. The SMILES string of the molecule is CCC(C)[S+](C)C(C)CC.F[B-](F)(F)F. The molecular weight excluding hydrogens is 227 g/mol. The standard InChI is InChI=1S/C9H21S.BF4/c1-6-8(3)10(5)9(4)7-2;2-1(3,4)5/h8-9H,6-7H2,1-5H3;/q+1;-1. The fourth-order valence-electron chi connectivity index (χ4n) is 0.922. The Hall–Kier alpha value is 0.135. The lowest BCUT2D eigenvalue weighted by atomic mass is 10.3. The van der Waals surface area contributed by atoms with Crippen molar-refractivity contribution < 1.29 is 17.3 Å². The molecule has 15 heavy (non-hydrogen) atoms. The van der Waals surface area contributed by atoms with E-state index in [-0.39, 0.29) is 0 Å². The van der Waals surface area contributed by atoms with E-state index in [0.717, 1.165) is 10.5 Å². The minimum absolute atomic E-state index is 0.640. The normalized spacial score (nSPS) is 17.4. The molecule has 0 radical (unpaired) electrons.